The normalized spacial score (nSPS) is 16.9. The smallest absolute Gasteiger partial charge is 0.342 e. The van der Waals surface area contributed by atoms with E-state index in [9.17, 15) is 14.7 Å². The number of hydrogen-bond acceptors (Lipinski definition) is 4. The van der Waals surface area contributed by atoms with E-state index in [1.165, 1.54) is 17.9 Å². The number of halogens is 1. The van der Waals surface area contributed by atoms with Crippen molar-refractivity contribution >= 4 is 33.5 Å². The van der Waals surface area contributed by atoms with Gasteiger partial charge >= 0.3 is 5.97 Å². The van der Waals surface area contributed by atoms with Gasteiger partial charge in [-0.15, -0.1) is 0 Å². The number of esters is 1. The maximum atomic E-state index is 12.2. The van der Waals surface area contributed by atoms with Crippen molar-refractivity contribution < 1.29 is 19.4 Å². The molecular formula is C16H12BrNO4. The first kappa shape index (κ1) is 14.6. The number of phenols is 1. The quantitative estimate of drug-likeness (QED) is 0.790. The molecule has 1 aliphatic rings. The van der Waals surface area contributed by atoms with Crippen molar-refractivity contribution in [3.05, 3.63) is 58.1 Å². The number of phenolic OH excluding ortho intramolecular Hbond substituents is 1. The lowest BCUT2D eigenvalue weighted by atomic mass is 10.1. The fourth-order valence-corrected chi connectivity index (χ4v) is 2.80. The van der Waals surface area contributed by atoms with E-state index >= 15 is 0 Å². The molecule has 0 aliphatic carbocycles. The molecule has 1 amide bonds. The number of hydrogen-bond donors (Lipinski definition) is 1. The van der Waals surface area contributed by atoms with E-state index in [0.29, 0.717) is 16.8 Å². The second kappa shape index (κ2) is 5.46. The molecule has 1 unspecified atom stereocenters. The summed E-state index contributed by atoms with van der Waals surface area (Å²) < 4.78 is 6.12. The lowest BCUT2D eigenvalue weighted by Gasteiger charge is -2.36. The summed E-state index contributed by atoms with van der Waals surface area (Å²) in [7, 11) is 0. The molecule has 0 spiro atoms. The summed E-state index contributed by atoms with van der Waals surface area (Å²) in [5.41, 5.74) is 1.12. The molecule has 0 fully saturated rings. The van der Waals surface area contributed by atoms with Crippen LogP contribution in [0.5, 0.6) is 5.75 Å². The molecule has 3 rings (SSSR count). The second-order valence-corrected chi connectivity index (χ2v) is 5.78. The maximum absolute atomic E-state index is 12.2. The maximum Gasteiger partial charge on any atom is 0.342 e. The van der Waals surface area contributed by atoms with Crippen molar-refractivity contribution in [1.82, 2.24) is 0 Å². The summed E-state index contributed by atoms with van der Waals surface area (Å²) in [5.74, 6) is -0.863. The Hall–Kier alpha value is -2.34. The predicted molar refractivity (Wildman–Crippen MR) is 83.6 cm³/mol. The average Bonchev–Trinajstić information content (AvgIpc) is 2.46. The van der Waals surface area contributed by atoms with Gasteiger partial charge in [0.2, 0.25) is 12.1 Å². The first-order valence-electron chi connectivity index (χ1n) is 6.57. The fourth-order valence-electron chi connectivity index (χ4n) is 2.45. The van der Waals surface area contributed by atoms with Crippen molar-refractivity contribution in [3.8, 4) is 5.75 Å². The molecule has 1 heterocycles. The highest BCUT2D eigenvalue weighted by atomic mass is 79.9. The molecule has 0 saturated heterocycles. The number of rotatable bonds is 1. The Morgan fingerprint density at radius 2 is 2.00 bits per heavy atom. The third kappa shape index (κ3) is 2.35. The number of carbonyl (C=O) groups excluding carboxylic acids is 2. The Kier molecular flexibility index (Phi) is 3.62. The average molecular weight is 362 g/mol. The van der Waals surface area contributed by atoms with Crippen LogP contribution in [-0.4, -0.2) is 17.0 Å². The summed E-state index contributed by atoms with van der Waals surface area (Å²) in [5, 5.41) is 10.0. The summed E-state index contributed by atoms with van der Waals surface area (Å²) in [4.78, 5) is 25.7. The van der Waals surface area contributed by atoms with Crippen LogP contribution in [0, 0.1) is 0 Å². The molecule has 112 valence electrons. The van der Waals surface area contributed by atoms with E-state index in [0.717, 1.165) is 4.47 Å². The monoisotopic (exact) mass is 361 g/mol. The largest absolute Gasteiger partial charge is 0.507 e. The number of cyclic esters (lactones) is 1. The molecule has 0 bridgehead atoms. The van der Waals surface area contributed by atoms with Crippen LogP contribution in [0.3, 0.4) is 0 Å². The highest BCUT2D eigenvalue weighted by Crippen LogP contribution is 2.40. The molecule has 0 radical (unpaired) electrons. The lowest BCUT2D eigenvalue weighted by molar-refractivity contribution is -0.118. The van der Waals surface area contributed by atoms with Gasteiger partial charge in [0, 0.05) is 11.4 Å². The molecule has 6 heteroatoms. The Morgan fingerprint density at radius 3 is 2.68 bits per heavy atom. The van der Waals surface area contributed by atoms with Crippen LogP contribution in [-0.2, 0) is 9.53 Å². The number of fused-ring (bicyclic) bond motifs is 1. The molecule has 2 aromatic carbocycles. The minimum atomic E-state index is -0.993. The van der Waals surface area contributed by atoms with Gasteiger partial charge in [0.25, 0.3) is 0 Å². The van der Waals surface area contributed by atoms with E-state index in [-0.39, 0.29) is 11.7 Å². The number of ether oxygens (including phenoxy) is 1. The Balaban J connectivity index is 2.19. The molecular weight excluding hydrogens is 350 g/mol. The SMILES string of the molecule is CC(=O)N1c2cc(Br)ccc2C(=O)OC1c1ccccc1O. The highest BCUT2D eigenvalue weighted by molar-refractivity contribution is 9.10. The van der Waals surface area contributed by atoms with Crippen LogP contribution in [0.15, 0.2) is 46.9 Å². The fraction of sp³-hybridized carbons (Fsp3) is 0.125. The summed E-state index contributed by atoms with van der Waals surface area (Å²) in [6.45, 7) is 1.39. The zero-order chi connectivity index (χ0) is 15.9. The van der Waals surface area contributed by atoms with Crippen molar-refractivity contribution in [3.63, 3.8) is 0 Å². The van der Waals surface area contributed by atoms with Crippen molar-refractivity contribution in [2.45, 2.75) is 13.2 Å². The topological polar surface area (TPSA) is 66.8 Å². The molecule has 5 nitrogen and oxygen atoms in total. The van der Waals surface area contributed by atoms with Crippen LogP contribution in [0.1, 0.15) is 29.1 Å². The minimum Gasteiger partial charge on any atom is -0.507 e. The third-order valence-electron chi connectivity index (χ3n) is 3.43. The van der Waals surface area contributed by atoms with Gasteiger partial charge in [-0.2, -0.15) is 0 Å². The number of aromatic hydroxyl groups is 1. The molecule has 2 aromatic rings. The third-order valence-corrected chi connectivity index (χ3v) is 3.93. The molecule has 0 saturated carbocycles. The molecule has 1 N–H and O–H groups in total. The first-order valence-corrected chi connectivity index (χ1v) is 7.36. The minimum absolute atomic E-state index is 0.0370. The summed E-state index contributed by atoms with van der Waals surface area (Å²) in [6.07, 6.45) is -0.993. The van der Waals surface area contributed by atoms with Crippen LogP contribution >= 0.6 is 15.9 Å². The van der Waals surface area contributed by atoms with E-state index in [1.807, 2.05) is 0 Å². The van der Waals surface area contributed by atoms with E-state index < -0.39 is 12.2 Å². The van der Waals surface area contributed by atoms with Crippen molar-refractivity contribution in [2.75, 3.05) is 4.90 Å². The summed E-state index contributed by atoms with van der Waals surface area (Å²) >= 11 is 3.34. The molecule has 1 atom stereocenters. The number of amides is 1. The Labute approximate surface area is 135 Å². The van der Waals surface area contributed by atoms with E-state index in [1.54, 1.807) is 36.4 Å². The van der Waals surface area contributed by atoms with Gasteiger partial charge in [-0.3, -0.25) is 9.69 Å². The second-order valence-electron chi connectivity index (χ2n) is 4.87. The van der Waals surface area contributed by atoms with Gasteiger partial charge in [-0.1, -0.05) is 28.1 Å². The van der Waals surface area contributed by atoms with E-state index in [4.69, 9.17) is 4.74 Å². The molecule has 1 aliphatic heterocycles. The number of carbonyl (C=O) groups is 2. The molecule has 22 heavy (non-hydrogen) atoms. The van der Waals surface area contributed by atoms with Gasteiger partial charge in [0.15, 0.2) is 0 Å². The Bertz CT molecular complexity index is 774. The van der Waals surface area contributed by atoms with Crippen LogP contribution < -0.4 is 4.90 Å². The number of para-hydroxylation sites is 1. The van der Waals surface area contributed by atoms with Crippen LogP contribution in [0.4, 0.5) is 5.69 Å². The van der Waals surface area contributed by atoms with E-state index in [2.05, 4.69) is 15.9 Å². The Morgan fingerprint density at radius 1 is 1.27 bits per heavy atom. The standard InChI is InChI=1S/C16H12BrNO4/c1-9(19)18-13-8-10(17)6-7-11(13)16(21)22-15(18)12-4-2-3-5-14(12)20/h2-8,15,20H,1H3. The number of benzene rings is 2. The zero-order valence-corrected chi connectivity index (χ0v) is 13.2. The highest BCUT2D eigenvalue weighted by Gasteiger charge is 2.37. The zero-order valence-electron chi connectivity index (χ0n) is 11.6. The van der Waals surface area contributed by atoms with Gasteiger partial charge < -0.3 is 9.84 Å². The number of nitrogens with zero attached hydrogens (tertiary/aromatic N) is 1. The van der Waals surface area contributed by atoms with Crippen molar-refractivity contribution in [1.29, 1.82) is 0 Å². The van der Waals surface area contributed by atoms with Crippen LogP contribution in [0.2, 0.25) is 0 Å². The predicted octanol–water partition coefficient (Wildman–Crippen LogP) is 3.38. The lowest BCUT2D eigenvalue weighted by Crippen LogP contribution is -2.40. The van der Waals surface area contributed by atoms with Crippen molar-refractivity contribution in [2.24, 2.45) is 0 Å². The van der Waals surface area contributed by atoms with Gasteiger partial charge in [-0.25, -0.2) is 4.79 Å². The van der Waals surface area contributed by atoms with Crippen LogP contribution in [0.25, 0.3) is 0 Å². The molecule has 0 aromatic heterocycles. The number of anilines is 1. The van der Waals surface area contributed by atoms with Gasteiger partial charge in [0.1, 0.15) is 5.75 Å². The first-order chi connectivity index (χ1) is 10.5. The van der Waals surface area contributed by atoms with Gasteiger partial charge in [-0.05, 0) is 30.3 Å². The van der Waals surface area contributed by atoms with Gasteiger partial charge in [0.05, 0.1) is 16.8 Å². The summed E-state index contributed by atoms with van der Waals surface area (Å²) in [6, 6.07) is 11.5.